The van der Waals surface area contributed by atoms with Gasteiger partial charge in [-0.15, -0.1) is 0 Å². The highest BCUT2D eigenvalue weighted by Crippen LogP contribution is 2.26. The molecule has 6 heteroatoms. The summed E-state index contributed by atoms with van der Waals surface area (Å²) in [5, 5.41) is 9.60. The van der Waals surface area contributed by atoms with Crippen LogP contribution in [0.15, 0.2) is 6.20 Å². The molecule has 0 aromatic carbocycles. The fraction of sp³-hybridized carbons (Fsp3) is 0.571. The number of aromatic nitrogens is 4. The van der Waals surface area contributed by atoms with Gasteiger partial charge in [0.05, 0.1) is 22.1 Å². The van der Waals surface area contributed by atoms with Crippen LogP contribution in [-0.2, 0) is 26.4 Å². The maximum atomic E-state index is 6.37. The van der Waals surface area contributed by atoms with Crippen molar-refractivity contribution in [2.45, 2.75) is 46.2 Å². The van der Waals surface area contributed by atoms with E-state index in [0.29, 0.717) is 6.42 Å². The topological polar surface area (TPSA) is 61.7 Å². The summed E-state index contributed by atoms with van der Waals surface area (Å²) in [5.41, 5.74) is 10.4. The minimum Gasteiger partial charge on any atom is -0.324 e. The van der Waals surface area contributed by atoms with Crippen LogP contribution >= 0.6 is 11.6 Å². The van der Waals surface area contributed by atoms with Crippen molar-refractivity contribution in [1.82, 2.24) is 19.6 Å². The Labute approximate surface area is 124 Å². The van der Waals surface area contributed by atoms with Gasteiger partial charge in [0.1, 0.15) is 0 Å². The second-order valence-electron chi connectivity index (χ2n) is 5.03. The van der Waals surface area contributed by atoms with E-state index in [9.17, 15) is 0 Å². The van der Waals surface area contributed by atoms with E-state index in [0.717, 1.165) is 40.6 Å². The van der Waals surface area contributed by atoms with Crippen molar-refractivity contribution in [2.24, 2.45) is 12.8 Å². The molecule has 110 valence electrons. The molecule has 0 fully saturated rings. The molecule has 2 rings (SSSR count). The first-order valence-electron chi connectivity index (χ1n) is 6.97. The number of hydrogen-bond donors (Lipinski definition) is 1. The molecule has 5 nitrogen and oxygen atoms in total. The van der Waals surface area contributed by atoms with Crippen molar-refractivity contribution in [3.05, 3.63) is 33.9 Å². The molecule has 0 saturated heterocycles. The zero-order chi connectivity index (χ0) is 14.9. The molecule has 1 atom stereocenters. The number of halogens is 1. The number of rotatable bonds is 5. The van der Waals surface area contributed by atoms with Gasteiger partial charge < -0.3 is 5.73 Å². The molecule has 2 aromatic heterocycles. The van der Waals surface area contributed by atoms with Crippen LogP contribution in [0.1, 0.15) is 42.5 Å². The summed E-state index contributed by atoms with van der Waals surface area (Å²) in [6.07, 6.45) is 3.55. The summed E-state index contributed by atoms with van der Waals surface area (Å²) in [7, 11) is 1.92. The minimum absolute atomic E-state index is 0.113. The first kappa shape index (κ1) is 15.1. The van der Waals surface area contributed by atoms with Crippen molar-refractivity contribution < 1.29 is 0 Å². The zero-order valence-corrected chi connectivity index (χ0v) is 13.3. The lowest BCUT2D eigenvalue weighted by molar-refractivity contribution is 0.586. The molecule has 0 aliphatic carbocycles. The van der Waals surface area contributed by atoms with Crippen molar-refractivity contribution in [3.63, 3.8) is 0 Å². The highest BCUT2D eigenvalue weighted by atomic mass is 35.5. The summed E-state index contributed by atoms with van der Waals surface area (Å²) >= 11 is 6.34. The van der Waals surface area contributed by atoms with E-state index in [1.165, 1.54) is 0 Å². The summed E-state index contributed by atoms with van der Waals surface area (Å²) in [4.78, 5) is 0. The van der Waals surface area contributed by atoms with Crippen LogP contribution in [0.5, 0.6) is 0 Å². The smallest absolute Gasteiger partial charge is 0.0847 e. The monoisotopic (exact) mass is 295 g/mol. The average Bonchev–Trinajstić information content (AvgIpc) is 2.93. The van der Waals surface area contributed by atoms with Crippen molar-refractivity contribution in [3.8, 4) is 0 Å². The Morgan fingerprint density at radius 1 is 1.35 bits per heavy atom. The molecule has 0 amide bonds. The Morgan fingerprint density at radius 2 is 2.05 bits per heavy atom. The average molecular weight is 296 g/mol. The van der Waals surface area contributed by atoms with Crippen LogP contribution in [0.3, 0.4) is 0 Å². The molecule has 0 spiro atoms. The van der Waals surface area contributed by atoms with Gasteiger partial charge in [0, 0.05) is 37.8 Å². The van der Waals surface area contributed by atoms with E-state index >= 15 is 0 Å². The van der Waals surface area contributed by atoms with E-state index < -0.39 is 0 Å². The molecule has 0 aliphatic rings. The second-order valence-corrected chi connectivity index (χ2v) is 5.41. The highest BCUT2D eigenvalue weighted by molar-refractivity contribution is 6.31. The zero-order valence-electron chi connectivity index (χ0n) is 12.5. The summed E-state index contributed by atoms with van der Waals surface area (Å²) in [6.45, 7) is 6.86. The first-order valence-corrected chi connectivity index (χ1v) is 7.35. The van der Waals surface area contributed by atoms with Crippen LogP contribution in [0.4, 0.5) is 0 Å². The predicted octanol–water partition coefficient (Wildman–Crippen LogP) is 2.40. The van der Waals surface area contributed by atoms with Crippen LogP contribution < -0.4 is 5.73 Å². The summed E-state index contributed by atoms with van der Waals surface area (Å²) < 4.78 is 3.75. The lowest BCUT2D eigenvalue weighted by Crippen LogP contribution is -2.17. The summed E-state index contributed by atoms with van der Waals surface area (Å²) in [5.74, 6) is 0. The van der Waals surface area contributed by atoms with E-state index in [-0.39, 0.29) is 6.04 Å². The normalized spacial score (nSPS) is 12.9. The van der Waals surface area contributed by atoms with Crippen LogP contribution in [0.2, 0.25) is 5.02 Å². The molecule has 20 heavy (non-hydrogen) atoms. The molecular weight excluding hydrogens is 274 g/mol. The van der Waals surface area contributed by atoms with Gasteiger partial charge in [-0.2, -0.15) is 10.2 Å². The predicted molar refractivity (Wildman–Crippen MR) is 80.9 cm³/mol. The van der Waals surface area contributed by atoms with Gasteiger partial charge in [-0.05, 0) is 20.3 Å². The minimum atomic E-state index is -0.113. The van der Waals surface area contributed by atoms with Crippen LogP contribution in [0.25, 0.3) is 0 Å². The second kappa shape index (κ2) is 5.97. The highest BCUT2D eigenvalue weighted by Gasteiger charge is 2.19. The van der Waals surface area contributed by atoms with Crippen LogP contribution in [-0.4, -0.2) is 19.6 Å². The molecule has 1 unspecified atom stereocenters. The molecule has 2 heterocycles. The lowest BCUT2D eigenvalue weighted by atomic mass is 10.0. The van der Waals surface area contributed by atoms with Crippen molar-refractivity contribution >= 4 is 11.6 Å². The van der Waals surface area contributed by atoms with Crippen molar-refractivity contribution in [1.29, 1.82) is 0 Å². The lowest BCUT2D eigenvalue weighted by Gasteiger charge is -2.13. The first-order chi connectivity index (χ1) is 9.47. The fourth-order valence-corrected chi connectivity index (χ4v) is 2.73. The number of aryl methyl sites for hydroxylation is 4. The SMILES string of the molecule is CCc1nn(C)cc1C(N)Cc1c(Cl)c(C)nn1CC. The molecule has 0 radical (unpaired) electrons. The molecule has 2 N–H and O–H groups in total. The van der Waals surface area contributed by atoms with E-state index in [1.54, 1.807) is 0 Å². The van der Waals surface area contributed by atoms with Gasteiger partial charge in [0.15, 0.2) is 0 Å². The van der Waals surface area contributed by atoms with Gasteiger partial charge >= 0.3 is 0 Å². The Bertz CT molecular complexity index is 599. The number of nitrogens with zero attached hydrogens (tertiary/aromatic N) is 4. The third kappa shape index (κ3) is 2.74. The Morgan fingerprint density at radius 3 is 2.65 bits per heavy atom. The largest absolute Gasteiger partial charge is 0.324 e. The van der Waals surface area contributed by atoms with E-state index in [1.807, 2.05) is 29.5 Å². The molecule has 0 aliphatic heterocycles. The number of nitrogens with two attached hydrogens (primary N) is 1. The molecule has 2 aromatic rings. The fourth-order valence-electron chi connectivity index (χ4n) is 2.52. The van der Waals surface area contributed by atoms with Crippen molar-refractivity contribution in [2.75, 3.05) is 0 Å². The Kier molecular flexibility index (Phi) is 4.50. The quantitative estimate of drug-likeness (QED) is 0.921. The Hall–Kier alpha value is -1.33. The third-order valence-electron chi connectivity index (χ3n) is 3.54. The molecule has 0 bridgehead atoms. The van der Waals surface area contributed by atoms with Gasteiger partial charge in [0.25, 0.3) is 0 Å². The van der Waals surface area contributed by atoms with Gasteiger partial charge in [-0.25, -0.2) is 0 Å². The summed E-state index contributed by atoms with van der Waals surface area (Å²) in [6, 6.07) is -0.113. The molecular formula is C14H22ClN5. The Balaban J connectivity index is 2.29. The van der Waals surface area contributed by atoms with E-state index in [4.69, 9.17) is 17.3 Å². The van der Waals surface area contributed by atoms with Gasteiger partial charge in [-0.1, -0.05) is 18.5 Å². The maximum absolute atomic E-state index is 6.37. The van der Waals surface area contributed by atoms with E-state index in [2.05, 4.69) is 24.0 Å². The van der Waals surface area contributed by atoms with Crippen LogP contribution in [0, 0.1) is 6.92 Å². The third-order valence-corrected chi connectivity index (χ3v) is 4.03. The standard InChI is InChI=1S/C14H22ClN5/c1-5-12-10(8-19(4)18-12)11(16)7-13-14(15)9(3)17-20(13)6-2/h8,11H,5-7,16H2,1-4H3. The van der Waals surface area contributed by atoms with Gasteiger partial charge in [0.2, 0.25) is 0 Å². The number of hydrogen-bond acceptors (Lipinski definition) is 3. The van der Waals surface area contributed by atoms with Gasteiger partial charge in [-0.3, -0.25) is 9.36 Å². The molecule has 0 saturated carbocycles. The maximum Gasteiger partial charge on any atom is 0.0847 e.